The summed E-state index contributed by atoms with van der Waals surface area (Å²) < 4.78 is 16.0. The van der Waals surface area contributed by atoms with Crippen LogP contribution in [0.1, 0.15) is 62.7 Å². The molecule has 0 saturated heterocycles. The van der Waals surface area contributed by atoms with Crippen LogP contribution < -0.4 is 5.32 Å². The van der Waals surface area contributed by atoms with Crippen molar-refractivity contribution in [3.63, 3.8) is 0 Å². The van der Waals surface area contributed by atoms with E-state index < -0.39 is 11.7 Å². The number of nitrogens with zero attached hydrogens (tertiary/aromatic N) is 3. The van der Waals surface area contributed by atoms with E-state index in [1.807, 2.05) is 51.1 Å². The third kappa shape index (κ3) is 6.56. The molecule has 2 aromatic carbocycles. The monoisotopic (exact) mass is 478 g/mol. The van der Waals surface area contributed by atoms with Gasteiger partial charge in [-0.3, -0.25) is 9.59 Å². The number of halogens is 1. The highest BCUT2D eigenvalue weighted by molar-refractivity contribution is 5.99. The van der Waals surface area contributed by atoms with E-state index in [2.05, 4.69) is 26.1 Å². The minimum absolute atomic E-state index is 0.0379. The largest absolute Gasteiger partial charge is 0.329 e. The van der Waals surface area contributed by atoms with Crippen LogP contribution in [-0.2, 0) is 10.2 Å². The quantitative estimate of drug-likeness (QED) is 0.449. The van der Waals surface area contributed by atoms with Crippen LogP contribution in [0.4, 0.5) is 10.2 Å². The number of hydrogen-bond donors (Lipinski definition) is 1. The summed E-state index contributed by atoms with van der Waals surface area (Å²) in [5, 5.41) is 7.71. The zero-order valence-corrected chi connectivity index (χ0v) is 21.4. The molecule has 0 aliphatic heterocycles. The van der Waals surface area contributed by atoms with Crippen molar-refractivity contribution in [3.05, 3.63) is 77.2 Å². The van der Waals surface area contributed by atoms with E-state index in [4.69, 9.17) is 5.10 Å². The molecule has 1 heterocycles. The van der Waals surface area contributed by atoms with Gasteiger partial charge in [0.1, 0.15) is 18.2 Å². The van der Waals surface area contributed by atoms with E-state index in [1.165, 1.54) is 23.1 Å². The van der Waals surface area contributed by atoms with Crippen LogP contribution >= 0.6 is 0 Å². The van der Waals surface area contributed by atoms with Crippen molar-refractivity contribution < 1.29 is 14.0 Å². The van der Waals surface area contributed by atoms with Crippen LogP contribution in [-0.4, -0.2) is 39.6 Å². The molecule has 0 radical (unpaired) electrons. The summed E-state index contributed by atoms with van der Waals surface area (Å²) in [6.07, 6.45) is 0.697. The van der Waals surface area contributed by atoms with Gasteiger partial charge in [0.15, 0.2) is 0 Å². The summed E-state index contributed by atoms with van der Waals surface area (Å²) >= 11 is 0. The van der Waals surface area contributed by atoms with Crippen LogP contribution in [0.5, 0.6) is 0 Å². The molecule has 1 aromatic heterocycles. The fraction of sp³-hybridized carbons (Fsp3) is 0.393. The van der Waals surface area contributed by atoms with Gasteiger partial charge in [0.25, 0.3) is 5.91 Å². The van der Waals surface area contributed by atoms with Crippen molar-refractivity contribution in [1.29, 1.82) is 0 Å². The number of hydrogen-bond acceptors (Lipinski definition) is 3. The highest BCUT2D eigenvalue weighted by atomic mass is 19.1. The van der Waals surface area contributed by atoms with Crippen LogP contribution in [0, 0.1) is 18.7 Å². The molecular weight excluding hydrogens is 443 g/mol. The summed E-state index contributed by atoms with van der Waals surface area (Å²) in [4.78, 5) is 27.7. The SMILES string of the molecule is Cc1ccccc1-n1nc(C(C)(C)C)cc1NC(=O)CN(CCC(C)C)C(=O)c1ccccc1F. The predicted octanol–water partition coefficient (Wildman–Crippen LogP) is 5.74. The van der Waals surface area contributed by atoms with Gasteiger partial charge >= 0.3 is 0 Å². The van der Waals surface area contributed by atoms with Gasteiger partial charge in [0.2, 0.25) is 5.91 Å². The molecule has 7 heteroatoms. The molecule has 0 spiro atoms. The van der Waals surface area contributed by atoms with Crippen LogP contribution in [0.2, 0.25) is 0 Å². The molecule has 0 atom stereocenters. The molecule has 35 heavy (non-hydrogen) atoms. The summed E-state index contributed by atoms with van der Waals surface area (Å²) in [6, 6.07) is 15.5. The Labute approximate surface area is 207 Å². The number of amides is 2. The maximum Gasteiger partial charge on any atom is 0.257 e. The minimum atomic E-state index is -0.597. The van der Waals surface area contributed by atoms with E-state index in [0.717, 1.165) is 16.9 Å². The molecule has 0 fully saturated rings. The lowest BCUT2D eigenvalue weighted by molar-refractivity contribution is -0.117. The summed E-state index contributed by atoms with van der Waals surface area (Å²) in [5.41, 5.74) is 2.44. The Morgan fingerprint density at radius 1 is 1.09 bits per heavy atom. The first-order chi connectivity index (χ1) is 16.5. The lowest BCUT2D eigenvalue weighted by Gasteiger charge is -2.23. The second-order valence-corrected chi connectivity index (χ2v) is 10.3. The Hall–Kier alpha value is -3.48. The third-order valence-corrected chi connectivity index (χ3v) is 5.79. The number of para-hydroxylation sites is 1. The highest BCUT2D eigenvalue weighted by Gasteiger charge is 2.25. The molecule has 0 bridgehead atoms. The number of benzene rings is 2. The Balaban J connectivity index is 1.89. The molecule has 0 unspecified atom stereocenters. The number of carbonyl (C=O) groups excluding carboxylic acids is 2. The molecule has 0 aliphatic carbocycles. The molecule has 1 N–H and O–H groups in total. The van der Waals surface area contributed by atoms with E-state index in [1.54, 1.807) is 10.7 Å². The molecule has 6 nitrogen and oxygen atoms in total. The van der Waals surface area contributed by atoms with Crippen molar-refractivity contribution >= 4 is 17.6 Å². The highest BCUT2D eigenvalue weighted by Crippen LogP contribution is 2.27. The topological polar surface area (TPSA) is 67.2 Å². The Bertz CT molecular complexity index is 1190. The second-order valence-electron chi connectivity index (χ2n) is 10.3. The molecular formula is C28H35FN4O2. The van der Waals surface area contributed by atoms with Crippen LogP contribution in [0.15, 0.2) is 54.6 Å². The lowest BCUT2D eigenvalue weighted by Crippen LogP contribution is -2.39. The maximum atomic E-state index is 14.3. The van der Waals surface area contributed by atoms with E-state index in [9.17, 15) is 14.0 Å². The Morgan fingerprint density at radius 3 is 2.37 bits per heavy atom. The Morgan fingerprint density at radius 2 is 1.74 bits per heavy atom. The average Bonchev–Trinajstić information content (AvgIpc) is 3.20. The van der Waals surface area contributed by atoms with E-state index in [0.29, 0.717) is 24.7 Å². The number of anilines is 1. The summed E-state index contributed by atoms with van der Waals surface area (Å²) in [7, 11) is 0. The molecule has 186 valence electrons. The molecule has 3 aromatic rings. The van der Waals surface area contributed by atoms with Gasteiger partial charge < -0.3 is 10.2 Å². The minimum Gasteiger partial charge on any atom is -0.329 e. The number of aryl methyl sites for hydroxylation is 1. The van der Waals surface area contributed by atoms with Crippen molar-refractivity contribution in [2.24, 2.45) is 5.92 Å². The molecule has 0 aliphatic rings. The number of aromatic nitrogens is 2. The first-order valence-electron chi connectivity index (χ1n) is 12.0. The fourth-order valence-corrected chi connectivity index (χ4v) is 3.65. The number of carbonyl (C=O) groups is 2. The van der Waals surface area contributed by atoms with Crippen LogP contribution in [0.3, 0.4) is 0 Å². The van der Waals surface area contributed by atoms with Gasteiger partial charge in [-0.05, 0) is 43.0 Å². The van der Waals surface area contributed by atoms with E-state index in [-0.39, 0.29) is 23.4 Å². The lowest BCUT2D eigenvalue weighted by atomic mass is 9.92. The molecule has 3 rings (SSSR count). The second kappa shape index (κ2) is 10.8. The van der Waals surface area contributed by atoms with Crippen molar-refractivity contribution in [1.82, 2.24) is 14.7 Å². The van der Waals surface area contributed by atoms with Gasteiger partial charge in [-0.25, -0.2) is 9.07 Å². The molecule has 2 amide bonds. The first-order valence-corrected chi connectivity index (χ1v) is 12.0. The first kappa shape index (κ1) is 26.1. The zero-order chi connectivity index (χ0) is 25.8. The normalized spacial score (nSPS) is 11.5. The number of nitrogens with one attached hydrogen (secondary N) is 1. The van der Waals surface area contributed by atoms with Gasteiger partial charge in [0.05, 0.1) is 16.9 Å². The van der Waals surface area contributed by atoms with Gasteiger partial charge in [-0.2, -0.15) is 5.10 Å². The summed E-state index contributed by atoms with van der Waals surface area (Å²) in [5.74, 6) is -0.613. The smallest absolute Gasteiger partial charge is 0.257 e. The fourth-order valence-electron chi connectivity index (χ4n) is 3.65. The van der Waals surface area contributed by atoms with Gasteiger partial charge in [-0.1, -0.05) is 65.0 Å². The molecule has 0 saturated carbocycles. The number of rotatable bonds is 8. The standard InChI is InChI=1S/C28H35FN4O2/c1-19(2)15-16-32(27(35)21-12-8-9-13-22(21)29)18-26(34)30-25-17-24(28(4,5)6)31-33(25)23-14-10-7-11-20(23)3/h7-14,17,19H,15-16,18H2,1-6H3,(H,30,34). The predicted molar refractivity (Wildman–Crippen MR) is 137 cm³/mol. The van der Waals surface area contributed by atoms with Gasteiger partial charge in [-0.15, -0.1) is 0 Å². The third-order valence-electron chi connectivity index (χ3n) is 5.79. The van der Waals surface area contributed by atoms with Crippen molar-refractivity contribution in [2.75, 3.05) is 18.4 Å². The van der Waals surface area contributed by atoms with Gasteiger partial charge in [0, 0.05) is 18.0 Å². The maximum absolute atomic E-state index is 14.3. The Kier molecular flexibility index (Phi) is 8.10. The van der Waals surface area contributed by atoms with Crippen molar-refractivity contribution in [2.45, 2.75) is 53.4 Å². The zero-order valence-electron chi connectivity index (χ0n) is 21.4. The summed E-state index contributed by atoms with van der Waals surface area (Å²) in [6.45, 7) is 12.4. The average molecular weight is 479 g/mol. The van der Waals surface area contributed by atoms with Crippen LogP contribution in [0.25, 0.3) is 5.69 Å². The van der Waals surface area contributed by atoms with Crippen molar-refractivity contribution in [3.8, 4) is 5.69 Å². The van der Waals surface area contributed by atoms with E-state index >= 15 is 0 Å².